The highest BCUT2D eigenvalue weighted by Gasteiger charge is 1.75. The normalized spacial score (nSPS) is 13.2. The van der Waals surface area contributed by atoms with Crippen molar-refractivity contribution in [2.45, 2.75) is 45.4 Å². The van der Waals surface area contributed by atoms with E-state index in [0.29, 0.717) is 0 Å². The molecule has 0 saturated heterocycles. The molecule has 106 valence electrons. The van der Waals surface area contributed by atoms with Gasteiger partial charge in [0.1, 0.15) is 0 Å². The first-order valence-electron chi connectivity index (χ1n) is 7.27. The first kappa shape index (κ1) is 17.7. The molecular weight excluding hydrogens is 232 g/mol. The van der Waals surface area contributed by atoms with Crippen LogP contribution in [0.3, 0.4) is 0 Å². The van der Waals surface area contributed by atoms with E-state index in [2.05, 4.69) is 61.6 Å². The third kappa shape index (κ3) is 16.7. The van der Waals surface area contributed by atoms with E-state index in [1.54, 1.807) is 0 Å². The van der Waals surface area contributed by atoms with Crippen LogP contribution in [0, 0.1) is 0 Å². The van der Waals surface area contributed by atoms with E-state index >= 15 is 0 Å². The van der Waals surface area contributed by atoms with E-state index in [-0.39, 0.29) is 6.61 Å². The predicted molar refractivity (Wildman–Crippen MR) is 86.2 cm³/mol. The number of rotatable bonds is 11. The molecule has 0 bridgehead atoms. The van der Waals surface area contributed by atoms with E-state index in [4.69, 9.17) is 5.11 Å². The summed E-state index contributed by atoms with van der Waals surface area (Å²) >= 11 is 0. The SMILES string of the molecule is CC/C=C\C/C=C\C/C=C\C/C=C\C/C=C\CCO. The van der Waals surface area contributed by atoms with Crippen LogP contribution >= 0.6 is 0 Å². The maximum atomic E-state index is 8.58. The Morgan fingerprint density at radius 3 is 1.32 bits per heavy atom. The van der Waals surface area contributed by atoms with Crippen molar-refractivity contribution in [1.82, 2.24) is 0 Å². The summed E-state index contributed by atoms with van der Waals surface area (Å²) in [7, 11) is 0. The summed E-state index contributed by atoms with van der Waals surface area (Å²) in [6, 6.07) is 0. The van der Waals surface area contributed by atoms with Gasteiger partial charge in [0.25, 0.3) is 0 Å². The Balaban J connectivity index is 3.43. The number of hydrogen-bond acceptors (Lipinski definition) is 1. The topological polar surface area (TPSA) is 20.2 Å². The van der Waals surface area contributed by atoms with Crippen LogP contribution < -0.4 is 0 Å². The van der Waals surface area contributed by atoms with E-state index in [1.807, 2.05) is 6.08 Å². The molecule has 19 heavy (non-hydrogen) atoms. The Labute approximate surface area is 118 Å². The number of hydrogen-bond donors (Lipinski definition) is 1. The van der Waals surface area contributed by atoms with Gasteiger partial charge < -0.3 is 5.11 Å². The van der Waals surface area contributed by atoms with E-state index < -0.39 is 0 Å². The molecular formula is C18H28O. The second-order valence-electron chi connectivity index (χ2n) is 4.22. The second kappa shape index (κ2) is 16.7. The van der Waals surface area contributed by atoms with Gasteiger partial charge in [0.05, 0.1) is 0 Å². The third-order valence-electron chi connectivity index (χ3n) is 2.45. The zero-order chi connectivity index (χ0) is 14.0. The lowest BCUT2D eigenvalue weighted by molar-refractivity contribution is 0.302. The number of aliphatic hydroxyl groups is 1. The van der Waals surface area contributed by atoms with Crippen LogP contribution in [0.15, 0.2) is 60.8 Å². The molecule has 0 spiro atoms. The summed E-state index contributed by atoms with van der Waals surface area (Å²) in [5, 5.41) is 8.58. The highest BCUT2D eigenvalue weighted by Crippen LogP contribution is 1.95. The van der Waals surface area contributed by atoms with Gasteiger partial charge in [-0.05, 0) is 38.5 Å². The molecule has 1 nitrogen and oxygen atoms in total. The van der Waals surface area contributed by atoms with E-state index in [0.717, 1.165) is 38.5 Å². The minimum absolute atomic E-state index is 0.241. The number of aliphatic hydroxyl groups excluding tert-OH is 1. The van der Waals surface area contributed by atoms with E-state index in [9.17, 15) is 0 Å². The molecule has 0 aliphatic carbocycles. The molecule has 1 heteroatoms. The van der Waals surface area contributed by atoms with Crippen LogP contribution in [0.5, 0.6) is 0 Å². The van der Waals surface area contributed by atoms with Crippen LogP contribution in [-0.4, -0.2) is 11.7 Å². The van der Waals surface area contributed by atoms with E-state index in [1.165, 1.54) is 0 Å². The van der Waals surface area contributed by atoms with Gasteiger partial charge in [0, 0.05) is 6.61 Å². The van der Waals surface area contributed by atoms with Crippen LogP contribution in [-0.2, 0) is 0 Å². The molecule has 0 radical (unpaired) electrons. The summed E-state index contributed by atoms with van der Waals surface area (Å²) in [6.45, 7) is 2.39. The Bertz CT molecular complexity index is 306. The minimum Gasteiger partial charge on any atom is -0.396 e. The van der Waals surface area contributed by atoms with Crippen molar-refractivity contribution < 1.29 is 5.11 Å². The monoisotopic (exact) mass is 260 g/mol. The average molecular weight is 260 g/mol. The molecule has 0 aliphatic heterocycles. The van der Waals surface area contributed by atoms with Crippen molar-refractivity contribution >= 4 is 0 Å². The lowest BCUT2D eigenvalue weighted by Gasteiger charge is -1.85. The smallest absolute Gasteiger partial charge is 0.0465 e. The van der Waals surface area contributed by atoms with Crippen LogP contribution in [0.1, 0.15) is 45.4 Å². The molecule has 0 aromatic heterocycles. The van der Waals surface area contributed by atoms with Crippen molar-refractivity contribution in [3.63, 3.8) is 0 Å². The zero-order valence-corrected chi connectivity index (χ0v) is 12.2. The summed E-state index contributed by atoms with van der Waals surface area (Å²) in [5.41, 5.74) is 0. The van der Waals surface area contributed by atoms with Gasteiger partial charge in [-0.2, -0.15) is 0 Å². The fraction of sp³-hybridized carbons (Fsp3) is 0.444. The molecule has 0 atom stereocenters. The summed E-state index contributed by atoms with van der Waals surface area (Å²) < 4.78 is 0. The Kier molecular flexibility index (Phi) is 15.5. The molecule has 0 aromatic rings. The molecule has 0 fully saturated rings. The lowest BCUT2D eigenvalue weighted by atomic mass is 10.2. The maximum absolute atomic E-state index is 8.58. The first-order valence-corrected chi connectivity index (χ1v) is 7.27. The van der Waals surface area contributed by atoms with Crippen molar-refractivity contribution in [3.05, 3.63) is 60.8 Å². The Hall–Kier alpha value is -1.34. The van der Waals surface area contributed by atoms with Gasteiger partial charge >= 0.3 is 0 Å². The summed E-state index contributed by atoms with van der Waals surface area (Å²) in [4.78, 5) is 0. The zero-order valence-electron chi connectivity index (χ0n) is 12.2. The van der Waals surface area contributed by atoms with Gasteiger partial charge in [-0.3, -0.25) is 0 Å². The quantitative estimate of drug-likeness (QED) is 0.511. The molecule has 0 aliphatic rings. The Morgan fingerprint density at radius 1 is 0.579 bits per heavy atom. The molecule has 0 aromatic carbocycles. The summed E-state index contributed by atoms with van der Waals surface area (Å²) in [6.07, 6.45) is 27.5. The standard InChI is InChI=1S/C18H28O/c1-2-3-4-5-6-7-8-9-10-11-12-13-14-15-16-17-18-19/h3-4,6-7,9-10,12-13,15-16,19H,2,5,8,11,14,17-18H2,1H3/b4-3-,7-6-,10-9-,13-12-,16-15-. The van der Waals surface area contributed by atoms with Gasteiger partial charge in [-0.25, -0.2) is 0 Å². The number of allylic oxidation sites excluding steroid dienone is 9. The van der Waals surface area contributed by atoms with Crippen molar-refractivity contribution in [3.8, 4) is 0 Å². The highest BCUT2D eigenvalue weighted by molar-refractivity contribution is 5.00. The first-order chi connectivity index (χ1) is 9.41. The van der Waals surface area contributed by atoms with Gasteiger partial charge in [-0.15, -0.1) is 0 Å². The molecule has 0 amide bonds. The molecule has 1 N–H and O–H groups in total. The molecule has 0 saturated carbocycles. The van der Waals surface area contributed by atoms with Gasteiger partial charge in [0.2, 0.25) is 0 Å². The maximum Gasteiger partial charge on any atom is 0.0465 e. The minimum atomic E-state index is 0.241. The highest BCUT2D eigenvalue weighted by atomic mass is 16.2. The van der Waals surface area contributed by atoms with Crippen LogP contribution in [0.25, 0.3) is 0 Å². The lowest BCUT2D eigenvalue weighted by Crippen LogP contribution is -1.74. The van der Waals surface area contributed by atoms with Crippen molar-refractivity contribution in [1.29, 1.82) is 0 Å². The van der Waals surface area contributed by atoms with Gasteiger partial charge in [0.15, 0.2) is 0 Å². The fourth-order valence-corrected chi connectivity index (χ4v) is 1.44. The molecule has 0 rings (SSSR count). The molecule has 0 heterocycles. The second-order valence-corrected chi connectivity index (χ2v) is 4.22. The van der Waals surface area contributed by atoms with Crippen LogP contribution in [0.4, 0.5) is 0 Å². The fourth-order valence-electron chi connectivity index (χ4n) is 1.44. The van der Waals surface area contributed by atoms with Crippen molar-refractivity contribution in [2.24, 2.45) is 0 Å². The Morgan fingerprint density at radius 2 is 0.947 bits per heavy atom. The van der Waals surface area contributed by atoms with Crippen LogP contribution in [0.2, 0.25) is 0 Å². The molecule has 0 unspecified atom stereocenters. The average Bonchev–Trinajstić information content (AvgIpc) is 2.43. The predicted octanol–water partition coefficient (Wildman–Crippen LogP) is 5.12. The van der Waals surface area contributed by atoms with Crippen molar-refractivity contribution in [2.75, 3.05) is 6.61 Å². The largest absolute Gasteiger partial charge is 0.396 e. The summed E-state index contributed by atoms with van der Waals surface area (Å²) in [5.74, 6) is 0. The van der Waals surface area contributed by atoms with Gasteiger partial charge in [-0.1, -0.05) is 67.7 Å². The third-order valence-corrected chi connectivity index (χ3v) is 2.45.